The van der Waals surface area contributed by atoms with Crippen molar-refractivity contribution in [3.63, 3.8) is 0 Å². The summed E-state index contributed by atoms with van der Waals surface area (Å²) in [4.78, 5) is 40.3. The number of carbonyl (C=O) groups is 4. The summed E-state index contributed by atoms with van der Waals surface area (Å²) in [6.45, 7) is 0.181. The molecule has 23 heavy (non-hydrogen) atoms. The van der Waals surface area contributed by atoms with Gasteiger partial charge in [-0.15, -0.1) is 0 Å². The third-order valence-corrected chi connectivity index (χ3v) is 1.88. The number of carboxylic acid groups (broad SMARTS) is 4. The van der Waals surface area contributed by atoms with E-state index in [4.69, 9.17) is 20.4 Å². The first-order valence-electron chi connectivity index (χ1n) is 5.59. The van der Waals surface area contributed by atoms with Crippen LogP contribution in [-0.4, -0.2) is 82.1 Å². The van der Waals surface area contributed by atoms with E-state index in [0.29, 0.717) is 4.48 Å². The van der Waals surface area contributed by atoms with Crippen LogP contribution >= 0.6 is 0 Å². The largest absolute Gasteiger partial charge is 1.00 e. The van der Waals surface area contributed by atoms with Crippen LogP contribution in [0.2, 0.25) is 0 Å². The maximum absolute atomic E-state index is 10.2. The first-order valence-corrected chi connectivity index (χ1v) is 5.59. The predicted molar refractivity (Wildman–Crippen MR) is 67.2 cm³/mol. The SMILES string of the molecule is C[N+](C)(C)CC(=O)O.O=C(O)CC(O)(CC(=O)O)C(=O)[O-].[H-].[H-].[Na+].[Na+]. The Bertz CT molecular complexity index is 414. The van der Waals surface area contributed by atoms with E-state index in [1.807, 2.05) is 21.1 Å². The summed E-state index contributed by atoms with van der Waals surface area (Å²) in [6, 6.07) is 0. The zero-order valence-electron chi connectivity index (χ0n) is 15.9. The van der Waals surface area contributed by atoms with E-state index in [1.165, 1.54) is 0 Å². The van der Waals surface area contributed by atoms with Crippen LogP contribution in [0.5, 0.6) is 0 Å². The molecule has 0 aromatic heterocycles. The van der Waals surface area contributed by atoms with Crippen LogP contribution in [0.15, 0.2) is 0 Å². The Hall–Kier alpha value is -0.200. The Morgan fingerprint density at radius 1 is 0.913 bits per heavy atom. The van der Waals surface area contributed by atoms with E-state index in [2.05, 4.69) is 0 Å². The summed E-state index contributed by atoms with van der Waals surface area (Å²) in [5, 5.41) is 43.8. The maximum atomic E-state index is 10.2. The number of aliphatic carboxylic acids is 4. The van der Waals surface area contributed by atoms with Crippen LogP contribution in [-0.2, 0) is 19.2 Å². The van der Waals surface area contributed by atoms with Gasteiger partial charge in [-0.05, 0) is 0 Å². The molecule has 10 nitrogen and oxygen atoms in total. The Morgan fingerprint density at radius 2 is 1.22 bits per heavy atom. The number of quaternary nitrogens is 1. The first kappa shape index (κ1) is 30.7. The number of nitrogens with zero attached hydrogens (tertiary/aromatic N) is 1. The number of hydrogen-bond acceptors (Lipinski definition) is 6. The normalized spacial score (nSPS) is 10.1. The van der Waals surface area contributed by atoms with Gasteiger partial charge < -0.3 is 37.7 Å². The topological polar surface area (TPSA) is 172 Å². The predicted octanol–water partition coefficient (Wildman–Crippen LogP) is -8.57. The number of likely N-dealkylation sites (N-methyl/N-ethyl adjacent to an activating group) is 1. The van der Waals surface area contributed by atoms with Gasteiger partial charge in [0.15, 0.2) is 6.54 Å². The fourth-order valence-corrected chi connectivity index (χ4v) is 1.11. The number of carbonyl (C=O) groups excluding carboxylic acids is 1. The van der Waals surface area contributed by atoms with Gasteiger partial charge >= 0.3 is 77.0 Å². The van der Waals surface area contributed by atoms with E-state index < -0.39 is 42.3 Å². The molecule has 0 bridgehead atoms. The van der Waals surface area contributed by atoms with Crippen molar-refractivity contribution >= 4 is 23.9 Å². The molecule has 0 aliphatic rings. The summed E-state index contributed by atoms with van der Waals surface area (Å²) < 4.78 is 0.481. The molecule has 0 atom stereocenters. The van der Waals surface area contributed by atoms with E-state index >= 15 is 0 Å². The molecular formula is C11H21NNa2O9. The van der Waals surface area contributed by atoms with Gasteiger partial charge in [0.1, 0.15) is 5.60 Å². The van der Waals surface area contributed by atoms with Gasteiger partial charge in [0.2, 0.25) is 0 Å². The molecule has 0 unspecified atom stereocenters. The van der Waals surface area contributed by atoms with Crippen LogP contribution in [0, 0.1) is 0 Å². The van der Waals surface area contributed by atoms with Crippen molar-refractivity contribution in [2.24, 2.45) is 0 Å². The third-order valence-electron chi connectivity index (χ3n) is 1.88. The van der Waals surface area contributed by atoms with Gasteiger partial charge in [0.25, 0.3) is 0 Å². The van der Waals surface area contributed by atoms with Gasteiger partial charge in [0.05, 0.1) is 40.0 Å². The van der Waals surface area contributed by atoms with Crippen LogP contribution in [0.25, 0.3) is 0 Å². The molecule has 0 saturated carbocycles. The van der Waals surface area contributed by atoms with Crippen molar-refractivity contribution in [3.8, 4) is 0 Å². The van der Waals surface area contributed by atoms with Crippen LogP contribution in [0.4, 0.5) is 0 Å². The first-order chi connectivity index (χ1) is 9.19. The zero-order chi connectivity index (χ0) is 17.4. The molecule has 126 valence electrons. The maximum Gasteiger partial charge on any atom is 1.00 e. The summed E-state index contributed by atoms with van der Waals surface area (Å²) in [5.74, 6) is -6.10. The van der Waals surface area contributed by atoms with E-state index in [9.17, 15) is 24.3 Å². The third kappa shape index (κ3) is 19.8. The van der Waals surface area contributed by atoms with Crippen molar-refractivity contribution in [1.29, 1.82) is 0 Å². The Kier molecular flexibility index (Phi) is 17.5. The molecule has 0 spiro atoms. The average molecular weight is 357 g/mol. The molecular weight excluding hydrogens is 336 g/mol. The van der Waals surface area contributed by atoms with Crippen molar-refractivity contribution in [2.45, 2.75) is 18.4 Å². The van der Waals surface area contributed by atoms with Crippen LogP contribution in [0.3, 0.4) is 0 Å². The van der Waals surface area contributed by atoms with Crippen molar-refractivity contribution < 1.29 is 111 Å². The fourth-order valence-electron chi connectivity index (χ4n) is 1.11. The molecule has 0 saturated heterocycles. The van der Waals surface area contributed by atoms with Crippen LogP contribution < -0.4 is 64.2 Å². The van der Waals surface area contributed by atoms with Crippen molar-refractivity contribution in [2.75, 3.05) is 27.7 Å². The molecule has 12 heteroatoms. The minimum Gasteiger partial charge on any atom is -1.00 e. The van der Waals surface area contributed by atoms with Gasteiger partial charge in [-0.1, -0.05) is 0 Å². The second-order valence-corrected chi connectivity index (χ2v) is 5.30. The van der Waals surface area contributed by atoms with Crippen LogP contribution in [0.1, 0.15) is 15.7 Å². The summed E-state index contributed by atoms with van der Waals surface area (Å²) in [5.41, 5.74) is -2.85. The Balaban J connectivity index is -0.0000000671. The summed E-state index contributed by atoms with van der Waals surface area (Å²) in [7, 11) is 5.52. The van der Waals surface area contributed by atoms with Gasteiger partial charge in [-0.2, -0.15) is 0 Å². The zero-order valence-corrected chi connectivity index (χ0v) is 17.9. The molecule has 0 aliphatic heterocycles. The molecule has 0 amide bonds. The monoisotopic (exact) mass is 357 g/mol. The second-order valence-electron chi connectivity index (χ2n) is 5.30. The molecule has 0 fully saturated rings. The number of aliphatic hydroxyl groups is 1. The second kappa shape index (κ2) is 13.1. The molecule has 0 rings (SSSR count). The quantitative estimate of drug-likeness (QED) is 0.255. The molecule has 4 N–H and O–H groups in total. The minimum absolute atomic E-state index is 0. The summed E-state index contributed by atoms with van der Waals surface area (Å²) in [6.07, 6.45) is -2.41. The Labute approximate surface area is 180 Å². The minimum atomic E-state index is -2.85. The molecule has 0 heterocycles. The van der Waals surface area contributed by atoms with Gasteiger partial charge in [0, 0.05) is 0 Å². The average Bonchev–Trinajstić information content (AvgIpc) is 2.10. The summed E-state index contributed by atoms with van der Waals surface area (Å²) >= 11 is 0. The van der Waals surface area contributed by atoms with Crippen molar-refractivity contribution in [1.82, 2.24) is 0 Å². The van der Waals surface area contributed by atoms with Crippen molar-refractivity contribution in [3.05, 3.63) is 0 Å². The fraction of sp³-hybridized carbons (Fsp3) is 0.636. The number of rotatable bonds is 7. The number of hydrogen-bond donors (Lipinski definition) is 4. The number of carboxylic acids is 4. The van der Waals surface area contributed by atoms with Gasteiger partial charge in [-0.3, -0.25) is 9.59 Å². The molecule has 0 aliphatic carbocycles. The Morgan fingerprint density at radius 3 is 1.30 bits per heavy atom. The molecule has 0 aromatic carbocycles. The van der Waals surface area contributed by atoms with Gasteiger partial charge in [-0.25, -0.2) is 4.79 Å². The molecule has 0 aromatic rings. The van der Waals surface area contributed by atoms with E-state index in [0.717, 1.165) is 0 Å². The van der Waals surface area contributed by atoms with E-state index in [-0.39, 0.29) is 68.5 Å². The standard InChI is InChI=1S/C6H8O7.C5H11NO2.2Na.2H/c7-3(8)1-6(13,5(11)12)2-4(9)10;1-6(2,3)4-5(7)8;;;;/h13H,1-2H2,(H,7,8)(H,9,10)(H,11,12);4H2,1-3H3;;;;/q;;2*+1;2*-1. The smallest absolute Gasteiger partial charge is 1.00 e. The molecule has 0 radical (unpaired) electrons. The van der Waals surface area contributed by atoms with E-state index in [1.54, 1.807) is 0 Å².